The number of rotatable bonds is 7. The molecule has 0 amide bonds. The van der Waals surface area contributed by atoms with Gasteiger partial charge in [-0.1, -0.05) is 11.6 Å². The lowest BCUT2D eigenvalue weighted by Crippen LogP contribution is -2.16. The lowest BCUT2D eigenvalue weighted by Gasteiger charge is -2.18. The predicted molar refractivity (Wildman–Crippen MR) is 132 cm³/mol. The third kappa shape index (κ3) is 5.13. The Kier molecular flexibility index (Phi) is 6.66. The van der Waals surface area contributed by atoms with Gasteiger partial charge in [0.1, 0.15) is 23.8 Å². The number of benzene rings is 1. The van der Waals surface area contributed by atoms with Gasteiger partial charge in [0.15, 0.2) is 0 Å². The van der Waals surface area contributed by atoms with Crippen molar-refractivity contribution in [3.05, 3.63) is 76.3 Å². The van der Waals surface area contributed by atoms with Gasteiger partial charge in [-0.05, 0) is 43.7 Å². The van der Waals surface area contributed by atoms with E-state index in [1.165, 1.54) is 12.3 Å². The van der Waals surface area contributed by atoms with Gasteiger partial charge in [0, 0.05) is 53.7 Å². The molecule has 1 aliphatic heterocycles. The van der Waals surface area contributed by atoms with Gasteiger partial charge in [0.2, 0.25) is 5.88 Å². The molecule has 9 heteroatoms. The van der Waals surface area contributed by atoms with Gasteiger partial charge in [-0.15, -0.1) is 0 Å². The minimum absolute atomic E-state index is 0.0114. The highest BCUT2D eigenvalue weighted by molar-refractivity contribution is 6.31. The van der Waals surface area contributed by atoms with Crippen LogP contribution in [-0.4, -0.2) is 39.5 Å². The van der Waals surface area contributed by atoms with E-state index in [4.69, 9.17) is 25.8 Å². The van der Waals surface area contributed by atoms with Crippen LogP contribution in [0, 0.1) is 6.92 Å². The van der Waals surface area contributed by atoms with Crippen molar-refractivity contribution in [2.24, 2.45) is 0 Å². The third-order valence-electron chi connectivity index (χ3n) is 5.87. The molecular formula is C26H24ClFN4O3. The van der Waals surface area contributed by atoms with Crippen LogP contribution in [0.1, 0.15) is 41.8 Å². The Labute approximate surface area is 206 Å². The molecule has 7 nitrogen and oxygen atoms in total. The summed E-state index contributed by atoms with van der Waals surface area (Å²) in [5.41, 5.74) is 3.38. The van der Waals surface area contributed by atoms with Crippen molar-refractivity contribution in [1.82, 2.24) is 20.2 Å². The highest BCUT2D eigenvalue weighted by Crippen LogP contribution is 2.32. The van der Waals surface area contributed by atoms with Gasteiger partial charge in [0.25, 0.3) is 0 Å². The van der Waals surface area contributed by atoms with Crippen LogP contribution in [0.2, 0.25) is 5.02 Å². The van der Waals surface area contributed by atoms with Crippen LogP contribution in [-0.2, 0) is 4.74 Å². The molecule has 0 unspecified atom stereocenters. The van der Waals surface area contributed by atoms with Crippen molar-refractivity contribution in [2.45, 2.75) is 32.5 Å². The molecule has 180 valence electrons. The fourth-order valence-electron chi connectivity index (χ4n) is 4.09. The molecule has 3 aromatic heterocycles. The zero-order valence-electron chi connectivity index (χ0n) is 19.3. The summed E-state index contributed by atoms with van der Waals surface area (Å²) in [7, 11) is 0. The van der Waals surface area contributed by atoms with E-state index in [0.717, 1.165) is 22.9 Å². The molecule has 1 N–H and O–H groups in total. The summed E-state index contributed by atoms with van der Waals surface area (Å²) in [6.07, 6.45) is 6.72. The van der Waals surface area contributed by atoms with E-state index in [1.54, 1.807) is 24.5 Å². The standard InChI is InChI=1S/C26H24ClFN4O3/c1-15-11-29-13-21(27)26(15)16(2)34-18-4-5-23-20(9-18)24(32-31-23)10-22(28)17-3-6-25(30-12-17)35-19-7-8-33-14-19/h3-6,9-13,16,19H,7-8,14H2,1-2H3,(H,31,32)/b22-10-/t16-,19+/m1/s1. The molecule has 0 radical (unpaired) electrons. The molecular weight excluding hydrogens is 471 g/mol. The van der Waals surface area contributed by atoms with E-state index in [9.17, 15) is 0 Å². The first kappa shape index (κ1) is 23.3. The minimum atomic E-state index is -0.447. The number of hydrogen-bond acceptors (Lipinski definition) is 6. The number of halogens is 2. The van der Waals surface area contributed by atoms with Gasteiger partial charge in [0.05, 0.1) is 29.4 Å². The van der Waals surface area contributed by atoms with Crippen molar-refractivity contribution in [3.8, 4) is 11.6 Å². The first-order valence-corrected chi connectivity index (χ1v) is 11.7. The van der Waals surface area contributed by atoms with E-state index < -0.39 is 5.83 Å². The maximum atomic E-state index is 15.0. The van der Waals surface area contributed by atoms with Crippen LogP contribution < -0.4 is 9.47 Å². The number of H-pyrrole nitrogens is 1. The molecule has 0 saturated carbocycles. The van der Waals surface area contributed by atoms with Crippen LogP contribution in [0.25, 0.3) is 22.8 Å². The maximum absolute atomic E-state index is 15.0. The van der Waals surface area contributed by atoms with Crippen molar-refractivity contribution in [1.29, 1.82) is 0 Å². The molecule has 0 bridgehead atoms. The van der Waals surface area contributed by atoms with Crippen molar-refractivity contribution in [3.63, 3.8) is 0 Å². The van der Waals surface area contributed by atoms with Crippen LogP contribution in [0.5, 0.6) is 11.6 Å². The van der Waals surface area contributed by atoms with E-state index in [-0.39, 0.29) is 12.2 Å². The summed E-state index contributed by atoms with van der Waals surface area (Å²) in [6.45, 7) is 5.09. The second-order valence-electron chi connectivity index (χ2n) is 8.41. The molecule has 4 aromatic rings. The molecule has 1 fully saturated rings. The first-order chi connectivity index (χ1) is 17.0. The van der Waals surface area contributed by atoms with E-state index in [2.05, 4.69) is 20.2 Å². The number of aryl methyl sites for hydroxylation is 1. The monoisotopic (exact) mass is 494 g/mol. The number of nitrogens with one attached hydrogen (secondary N) is 1. The Balaban J connectivity index is 1.35. The molecule has 1 aromatic carbocycles. The summed E-state index contributed by atoms with van der Waals surface area (Å²) in [5, 5.41) is 8.45. The van der Waals surface area contributed by atoms with Crippen molar-refractivity contribution < 1.29 is 18.6 Å². The minimum Gasteiger partial charge on any atom is -0.486 e. The fraction of sp³-hybridized carbons (Fsp3) is 0.269. The lowest BCUT2D eigenvalue weighted by atomic mass is 10.1. The Morgan fingerprint density at radius 2 is 2.14 bits per heavy atom. The highest BCUT2D eigenvalue weighted by atomic mass is 35.5. The molecule has 0 spiro atoms. The lowest BCUT2D eigenvalue weighted by molar-refractivity contribution is 0.138. The molecule has 1 saturated heterocycles. The molecule has 2 atom stereocenters. The van der Waals surface area contributed by atoms with Gasteiger partial charge < -0.3 is 14.2 Å². The summed E-state index contributed by atoms with van der Waals surface area (Å²) in [6, 6.07) is 8.78. The summed E-state index contributed by atoms with van der Waals surface area (Å²) < 4.78 is 32.2. The smallest absolute Gasteiger partial charge is 0.213 e. The van der Waals surface area contributed by atoms with Gasteiger partial charge >= 0.3 is 0 Å². The predicted octanol–water partition coefficient (Wildman–Crippen LogP) is 6.09. The highest BCUT2D eigenvalue weighted by Gasteiger charge is 2.18. The topological polar surface area (TPSA) is 82.2 Å². The SMILES string of the molecule is Cc1cncc(Cl)c1[C@@H](C)Oc1ccc2n[nH]c(/C=C(\F)c3ccc(O[C@H]4CCOC4)nc3)c2c1. The van der Waals surface area contributed by atoms with Gasteiger partial charge in [-0.2, -0.15) is 5.10 Å². The molecule has 35 heavy (non-hydrogen) atoms. The average molecular weight is 495 g/mol. The second kappa shape index (κ2) is 10.0. The first-order valence-electron chi connectivity index (χ1n) is 11.3. The van der Waals surface area contributed by atoms with Crippen LogP contribution in [0.4, 0.5) is 4.39 Å². The van der Waals surface area contributed by atoms with Crippen molar-refractivity contribution in [2.75, 3.05) is 13.2 Å². The molecule has 5 rings (SSSR count). The summed E-state index contributed by atoms with van der Waals surface area (Å²) >= 11 is 6.34. The maximum Gasteiger partial charge on any atom is 0.213 e. The van der Waals surface area contributed by atoms with E-state index in [0.29, 0.717) is 46.6 Å². The quantitative estimate of drug-likeness (QED) is 0.335. The van der Waals surface area contributed by atoms with E-state index in [1.807, 2.05) is 32.0 Å². The summed E-state index contributed by atoms with van der Waals surface area (Å²) in [4.78, 5) is 8.33. The van der Waals surface area contributed by atoms with Crippen LogP contribution in [0.3, 0.4) is 0 Å². The number of fused-ring (bicyclic) bond motifs is 1. The Morgan fingerprint density at radius 3 is 2.89 bits per heavy atom. The van der Waals surface area contributed by atoms with Crippen LogP contribution >= 0.6 is 11.6 Å². The number of hydrogen-bond donors (Lipinski definition) is 1. The molecule has 0 aliphatic carbocycles. The number of aromatic amines is 1. The second-order valence-corrected chi connectivity index (χ2v) is 8.82. The molecule has 1 aliphatic rings. The molecule has 4 heterocycles. The van der Waals surface area contributed by atoms with Crippen molar-refractivity contribution >= 4 is 34.4 Å². The van der Waals surface area contributed by atoms with E-state index >= 15 is 4.39 Å². The average Bonchev–Trinajstić information content (AvgIpc) is 3.49. The Morgan fingerprint density at radius 1 is 1.26 bits per heavy atom. The normalized spacial score (nSPS) is 17.0. The Bertz CT molecular complexity index is 1350. The number of aromatic nitrogens is 4. The number of pyridine rings is 2. The zero-order valence-corrected chi connectivity index (χ0v) is 20.1. The number of nitrogens with zero attached hydrogens (tertiary/aromatic N) is 3. The van der Waals surface area contributed by atoms with Gasteiger partial charge in [-0.3, -0.25) is 10.1 Å². The van der Waals surface area contributed by atoms with Crippen LogP contribution in [0.15, 0.2) is 48.9 Å². The van der Waals surface area contributed by atoms with Gasteiger partial charge in [-0.25, -0.2) is 9.37 Å². The number of ether oxygens (including phenoxy) is 3. The summed E-state index contributed by atoms with van der Waals surface area (Å²) in [5.74, 6) is 0.620. The Hall–Kier alpha value is -3.49. The third-order valence-corrected chi connectivity index (χ3v) is 6.17. The largest absolute Gasteiger partial charge is 0.486 e. The fourth-order valence-corrected chi connectivity index (χ4v) is 4.45. The zero-order chi connectivity index (χ0) is 24.4.